The van der Waals surface area contributed by atoms with Crippen molar-refractivity contribution in [1.29, 1.82) is 0 Å². The number of nitrogens with two attached hydrogens (primary N) is 1. The second-order valence-corrected chi connectivity index (χ2v) is 4.68. The summed E-state index contributed by atoms with van der Waals surface area (Å²) in [6.07, 6.45) is 4.26. The standard InChI is InChI=1S/C12H26N2O/c1-3-14(9-11(2)8-13)10-12-6-4-5-7-15-12/h11-12H,3-10,13H2,1-2H3. The molecule has 0 spiro atoms. The summed E-state index contributed by atoms with van der Waals surface area (Å²) in [5.74, 6) is 0.591. The highest BCUT2D eigenvalue weighted by atomic mass is 16.5. The van der Waals surface area contributed by atoms with E-state index in [1.807, 2.05) is 0 Å². The van der Waals surface area contributed by atoms with E-state index in [0.29, 0.717) is 12.0 Å². The molecule has 0 saturated carbocycles. The summed E-state index contributed by atoms with van der Waals surface area (Å²) in [4.78, 5) is 2.47. The normalized spacial score (nSPS) is 24.4. The van der Waals surface area contributed by atoms with Gasteiger partial charge in [0.25, 0.3) is 0 Å². The van der Waals surface area contributed by atoms with Crippen molar-refractivity contribution in [2.24, 2.45) is 11.7 Å². The number of hydrogen-bond acceptors (Lipinski definition) is 3. The van der Waals surface area contributed by atoms with Gasteiger partial charge in [-0.15, -0.1) is 0 Å². The lowest BCUT2D eigenvalue weighted by atomic mass is 10.1. The van der Waals surface area contributed by atoms with Crippen molar-refractivity contribution >= 4 is 0 Å². The Morgan fingerprint density at radius 3 is 2.80 bits per heavy atom. The largest absolute Gasteiger partial charge is 0.377 e. The minimum absolute atomic E-state index is 0.462. The summed E-state index contributed by atoms with van der Waals surface area (Å²) in [7, 11) is 0. The van der Waals surface area contributed by atoms with Gasteiger partial charge in [0.05, 0.1) is 6.10 Å². The van der Waals surface area contributed by atoms with Gasteiger partial charge in [0, 0.05) is 19.7 Å². The molecule has 1 aliphatic heterocycles. The van der Waals surface area contributed by atoms with Crippen LogP contribution in [0.25, 0.3) is 0 Å². The lowest BCUT2D eigenvalue weighted by molar-refractivity contribution is -0.00668. The van der Waals surface area contributed by atoms with Crippen molar-refractivity contribution in [1.82, 2.24) is 4.90 Å². The van der Waals surface area contributed by atoms with Crippen LogP contribution in [0.2, 0.25) is 0 Å². The van der Waals surface area contributed by atoms with Crippen LogP contribution >= 0.6 is 0 Å². The van der Waals surface area contributed by atoms with Crippen LogP contribution in [-0.2, 0) is 4.74 Å². The highest BCUT2D eigenvalue weighted by Crippen LogP contribution is 2.14. The maximum atomic E-state index is 5.75. The first-order valence-corrected chi connectivity index (χ1v) is 6.30. The monoisotopic (exact) mass is 214 g/mol. The van der Waals surface area contributed by atoms with E-state index < -0.39 is 0 Å². The van der Waals surface area contributed by atoms with Crippen LogP contribution in [0, 0.1) is 5.92 Å². The molecule has 1 fully saturated rings. The van der Waals surface area contributed by atoms with Crippen LogP contribution in [-0.4, -0.2) is 43.8 Å². The number of hydrogen-bond donors (Lipinski definition) is 1. The van der Waals surface area contributed by atoms with Gasteiger partial charge in [-0.2, -0.15) is 0 Å². The van der Waals surface area contributed by atoms with Gasteiger partial charge < -0.3 is 15.4 Å². The molecule has 0 amide bonds. The van der Waals surface area contributed by atoms with Crippen molar-refractivity contribution < 1.29 is 4.74 Å². The third kappa shape index (κ3) is 4.96. The summed E-state index contributed by atoms with van der Waals surface area (Å²) in [5, 5.41) is 0. The molecule has 1 aliphatic rings. The molecule has 2 unspecified atom stereocenters. The Bertz CT molecular complexity index is 158. The highest BCUT2D eigenvalue weighted by Gasteiger charge is 2.17. The first-order valence-electron chi connectivity index (χ1n) is 6.30. The van der Waals surface area contributed by atoms with E-state index in [1.165, 1.54) is 19.3 Å². The van der Waals surface area contributed by atoms with Crippen LogP contribution in [0.5, 0.6) is 0 Å². The Morgan fingerprint density at radius 2 is 2.27 bits per heavy atom. The van der Waals surface area contributed by atoms with E-state index in [0.717, 1.165) is 32.8 Å². The first-order chi connectivity index (χ1) is 7.26. The van der Waals surface area contributed by atoms with Gasteiger partial charge >= 0.3 is 0 Å². The van der Waals surface area contributed by atoms with Gasteiger partial charge in [0.1, 0.15) is 0 Å². The van der Waals surface area contributed by atoms with E-state index >= 15 is 0 Å². The van der Waals surface area contributed by atoms with Gasteiger partial charge in [-0.25, -0.2) is 0 Å². The molecule has 0 aliphatic carbocycles. The average Bonchev–Trinajstić information content (AvgIpc) is 2.29. The summed E-state index contributed by atoms with van der Waals surface area (Å²) >= 11 is 0. The van der Waals surface area contributed by atoms with Crippen molar-refractivity contribution in [2.75, 3.05) is 32.8 Å². The molecule has 1 rings (SSSR count). The molecule has 0 aromatic rings. The van der Waals surface area contributed by atoms with Crippen LogP contribution in [0.15, 0.2) is 0 Å². The van der Waals surface area contributed by atoms with Crippen LogP contribution in [0.3, 0.4) is 0 Å². The zero-order valence-electron chi connectivity index (χ0n) is 10.2. The molecule has 3 nitrogen and oxygen atoms in total. The van der Waals surface area contributed by atoms with Crippen molar-refractivity contribution in [3.8, 4) is 0 Å². The van der Waals surface area contributed by atoms with E-state index in [4.69, 9.17) is 10.5 Å². The number of nitrogens with zero attached hydrogens (tertiary/aromatic N) is 1. The Morgan fingerprint density at radius 1 is 1.47 bits per heavy atom. The molecule has 90 valence electrons. The maximum Gasteiger partial charge on any atom is 0.0702 e. The Hall–Kier alpha value is -0.120. The predicted octanol–water partition coefficient (Wildman–Crippen LogP) is 1.47. The predicted molar refractivity (Wildman–Crippen MR) is 63.9 cm³/mol. The minimum atomic E-state index is 0.462. The maximum absolute atomic E-state index is 5.75. The van der Waals surface area contributed by atoms with E-state index in [9.17, 15) is 0 Å². The molecule has 15 heavy (non-hydrogen) atoms. The zero-order chi connectivity index (χ0) is 11.1. The Labute approximate surface area is 94.0 Å². The van der Waals surface area contributed by atoms with Crippen molar-refractivity contribution in [2.45, 2.75) is 39.2 Å². The van der Waals surface area contributed by atoms with Gasteiger partial charge in [0.15, 0.2) is 0 Å². The molecule has 2 atom stereocenters. The summed E-state index contributed by atoms with van der Waals surface area (Å²) in [5.41, 5.74) is 5.65. The molecule has 0 aromatic heterocycles. The topological polar surface area (TPSA) is 38.5 Å². The van der Waals surface area contributed by atoms with Crippen LogP contribution in [0.1, 0.15) is 33.1 Å². The van der Waals surface area contributed by atoms with Crippen molar-refractivity contribution in [3.05, 3.63) is 0 Å². The van der Waals surface area contributed by atoms with E-state index in [2.05, 4.69) is 18.7 Å². The molecule has 1 heterocycles. The molecule has 0 radical (unpaired) electrons. The fourth-order valence-electron chi connectivity index (χ4n) is 2.09. The van der Waals surface area contributed by atoms with Gasteiger partial charge in [0.2, 0.25) is 0 Å². The highest BCUT2D eigenvalue weighted by molar-refractivity contribution is 4.70. The third-order valence-corrected chi connectivity index (χ3v) is 3.16. The molecule has 1 saturated heterocycles. The van der Waals surface area contributed by atoms with E-state index in [1.54, 1.807) is 0 Å². The average molecular weight is 214 g/mol. The Kier molecular flexibility index (Phi) is 6.22. The second kappa shape index (κ2) is 7.20. The lowest BCUT2D eigenvalue weighted by Gasteiger charge is -2.30. The molecule has 0 aromatic carbocycles. The number of likely N-dealkylation sites (N-methyl/N-ethyl adjacent to an activating group) is 1. The minimum Gasteiger partial charge on any atom is -0.377 e. The van der Waals surface area contributed by atoms with Crippen LogP contribution in [0.4, 0.5) is 0 Å². The number of ether oxygens (including phenoxy) is 1. The van der Waals surface area contributed by atoms with Crippen molar-refractivity contribution in [3.63, 3.8) is 0 Å². The summed E-state index contributed by atoms with van der Waals surface area (Å²) in [6, 6.07) is 0. The summed E-state index contributed by atoms with van der Waals surface area (Å²) in [6.45, 7) is 9.45. The quantitative estimate of drug-likeness (QED) is 0.728. The number of rotatable bonds is 6. The second-order valence-electron chi connectivity index (χ2n) is 4.68. The van der Waals surface area contributed by atoms with Gasteiger partial charge in [-0.1, -0.05) is 13.8 Å². The van der Waals surface area contributed by atoms with Crippen LogP contribution < -0.4 is 5.73 Å². The molecule has 2 N–H and O–H groups in total. The zero-order valence-corrected chi connectivity index (χ0v) is 10.2. The molecular formula is C12H26N2O. The SMILES string of the molecule is CCN(CC(C)CN)CC1CCCCO1. The van der Waals surface area contributed by atoms with Gasteiger partial charge in [-0.05, 0) is 38.3 Å². The third-order valence-electron chi connectivity index (χ3n) is 3.16. The fourth-order valence-corrected chi connectivity index (χ4v) is 2.09. The van der Waals surface area contributed by atoms with E-state index in [-0.39, 0.29) is 0 Å². The molecule has 0 bridgehead atoms. The Balaban J connectivity index is 2.25. The fraction of sp³-hybridized carbons (Fsp3) is 1.00. The lowest BCUT2D eigenvalue weighted by Crippen LogP contribution is -2.39. The molecular weight excluding hydrogens is 188 g/mol. The molecule has 3 heteroatoms. The van der Waals surface area contributed by atoms with Gasteiger partial charge in [-0.3, -0.25) is 0 Å². The first kappa shape index (κ1) is 12.9. The summed E-state index contributed by atoms with van der Waals surface area (Å²) < 4.78 is 5.75. The smallest absolute Gasteiger partial charge is 0.0702 e.